The van der Waals surface area contributed by atoms with Crippen LogP contribution in [0.4, 0.5) is 0 Å². The topological polar surface area (TPSA) is 118 Å². The SMILES string of the molecule is NCCN(CC[NH3+])/[N+]([O-])=N/[O-].[Na+]. The van der Waals surface area contributed by atoms with Crippen molar-refractivity contribution in [2.24, 2.45) is 11.0 Å². The zero-order valence-corrected chi connectivity index (χ0v) is 9.27. The third-order valence-corrected chi connectivity index (χ3v) is 1.12. The van der Waals surface area contributed by atoms with Crippen molar-refractivity contribution in [2.45, 2.75) is 0 Å². The van der Waals surface area contributed by atoms with E-state index in [1.54, 1.807) is 0 Å². The molecule has 7 nitrogen and oxygen atoms in total. The van der Waals surface area contributed by atoms with Gasteiger partial charge in [0.15, 0.2) is 0 Å². The Bertz CT molecular complexity index is 127. The molecular weight excluding hydrogens is 173 g/mol. The van der Waals surface area contributed by atoms with E-state index in [1.807, 2.05) is 0 Å². The number of nitrogens with two attached hydrogens (primary N) is 1. The Morgan fingerprint density at radius 2 is 2.08 bits per heavy atom. The van der Waals surface area contributed by atoms with Gasteiger partial charge in [0, 0.05) is 11.5 Å². The fraction of sp³-hybridized carbons (Fsp3) is 1.00. The van der Waals surface area contributed by atoms with Crippen LogP contribution < -0.4 is 41.0 Å². The predicted molar refractivity (Wildman–Crippen MR) is 37.8 cm³/mol. The van der Waals surface area contributed by atoms with E-state index in [0.29, 0.717) is 26.2 Å². The molecule has 0 aromatic heterocycles. The van der Waals surface area contributed by atoms with Gasteiger partial charge in [0.1, 0.15) is 6.54 Å². The van der Waals surface area contributed by atoms with Crippen LogP contribution in [0.25, 0.3) is 0 Å². The molecule has 66 valence electrons. The predicted octanol–water partition coefficient (Wildman–Crippen LogP) is -5.13. The molecule has 0 saturated carbocycles. The third-order valence-electron chi connectivity index (χ3n) is 1.12. The summed E-state index contributed by atoms with van der Waals surface area (Å²) >= 11 is 0. The molecule has 0 spiro atoms. The summed E-state index contributed by atoms with van der Waals surface area (Å²) in [6, 6.07) is 0. The van der Waals surface area contributed by atoms with Crippen molar-refractivity contribution < 1.29 is 40.3 Å². The smallest absolute Gasteiger partial charge is 0.737 e. The monoisotopic (exact) mass is 186 g/mol. The molecular formula is C4H13N5NaO2+. The summed E-state index contributed by atoms with van der Waals surface area (Å²) in [5.74, 6) is 0. The molecule has 12 heavy (non-hydrogen) atoms. The van der Waals surface area contributed by atoms with E-state index in [-0.39, 0.29) is 34.5 Å². The molecule has 0 aliphatic heterocycles. The molecule has 0 amide bonds. The second-order valence-corrected chi connectivity index (χ2v) is 1.93. The molecule has 0 bridgehead atoms. The number of hydrazine groups is 1. The second-order valence-electron chi connectivity index (χ2n) is 1.93. The molecule has 0 unspecified atom stereocenters. The van der Waals surface area contributed by atoms with E-state index in [9.17, 15) is 10.4 Å². The average molecular weight is 186 g/mol. The first-order chi connectivity index (χ1) is 5.26. The van der Waals surface area contributed by atoms with E-state index in [2.05, 4.69) is 11.0 Å². The van der Waals surface area contributed by atoms with Gasteiger partial charge in [0.25, 0.3) is 0 Å². The zero-order chi connectivity index (χ0) is 8.69. The first-order valence-electron chi connectivity index (χ1n) is 3.31. The Morgan fingerprint density at radius 1 is 1.50 bits per heavy atom. The molecule has 0 aliphatic rings. The average Bonchev–Trinajstić information content (AvgIpc) is 2.03. The maximum absolute atomic E-state index is 10.6. The quantitative estimate of drug-likeness (QED) is 0.193. The van der Waals surface area contributed by atoms with Gasteiger partial charge >= 0.3 is 29.6 Å². The molecule has 0 aliphatic carbocycles. The molecule has 0 aromatic carbocycles. The van der Waals surface area contributed by atoms with E-state index in [1.165, 1.54) is 5.01 Å². The molecule has 0 aromatic rings. The summed E-state index contributed by atoms with van der Waals surface area (Å²) in [7, 11) is 0. The summed E-state index contributed by atoms with van der Waals surface area (Å²) in [5, 5.41) is 23.7. The first-order valence-corrected chi connectivity index (χ1v) is 3.31. The number of rotatable bonds is 5. The van der Waals surface area contributed by atoms with Crippen LogP contribution in [0.5, 0.6) is 0 Å². The van der Waals surface area contributed by atoms with Crippen molar-refractivity contribution in [3.8, 4) is 0 Å². The van der Waals surface area contributed by atoms with Crippen LogP contribution in [0.1, 0.15) is 0 Å². The normalized spacial score (nSPS) is 10.7. The van der Waals surface area contributed by atoms with Crippen LogP contribution in [-0.4, -0.2) is 36.2 Å². The molecule has 5 N–H and O–H groups in total. The Hall–Kier alpha value is -0.0800. The van der Waals surface area contributed by atoms with Gasteiger partial charge in [-0.1, -0.05) is 0 Å². The number of nitrogens with zero attached hydrogens (tertiary/aromatic N) is 3. The Labute approximate surface area is 92.8 Å². The van der Waals surface area contributed by atoms with E-state index >= 15 is 0 Å². The Kier molecular flexibility index (Phi) is 10.8. The van der Waals surface area contributed by atoms with Crippen LogP contribution in [0.2, 0.25) is 0 Å². The van der Waals surface area contributed by atoms with Gasteiger partial charge in [-0.05, 0) is 5.28 Å². The van der Waals surface area contributed by atoms with Crippen molar-refractivity contribution in [1.82, 2.24) is 5.01 Å². The van der Waals surface area contributed by atoms with Crippen LogP contribution in [0.15, 0.2) is 5.28 Å². The Morgan fingerprint density at radius 3 is 2.42 bits per heavy atom. The third kappa shape index (κ3) is 5.56. The van der Waals surface area contributed by atoms with E-state index in [4.69, 9.17) is 5.73 Å². The van der Waals surface area contributed by atoms with Crippen molar-refractivity contribution in [3.05, 3.63) is 10.4 Å². The molecule has 0 rings (SSSR count). The summed E-state index contributed by atoms with van der Waals surface area (Å²) in [4.78, 5) is -0.00194. The largest absolute Gasteiger partial charge is 1.00 e. The number of hydrogen-bond donors (Lipinski definition) is 2. The maximum atomic E-state index is 10.6. The summed E-state index contributed by atoms with van der Waals surface area (Å²) in [6.45, 7) is 1.57. The summed E-state index contributed by atoms with van der Waals surface area (Å²) in [5.41, 5.74) is 8.71. The van der Waals surface area contributed by atoms with Crippen molar-refractivity contribution in [2.75, 3.05) is 26.2 Å². The molecule has 0 saturated heterocycles. The standard InChI is InChI=1S/C4H13N5O2.Na/c5-1-3-8(4-2-6)9(11)7-10;/h10H,1-6H2;/q;+1/b9-7-;. The van der Waals surface area contributed by atoms with Gasteiger partial charge in [-0.3, -0.25) is 0 Å². The van der Waals surface area contributed by atoms with Crippen molar-refractivity contribution in [1.29, 1.82) is 0 Å². The van der Waals surface area contributed by atoms with Crippen LogP contribution in [-0.2, 0) is 0 Å². The second kappa shape index (κ2) is 9.01. The van der Waals surface area contributed by atoms with Crippen LogP contribution in [0.3, 0.4) is 0 Å². The molecule has 0 atom stereocenters. The molecule has 0 fully saturated rings. The molecule has 0 heterocycles. The van der Waals surface area contributed by atoms with Crippen molar-refractivity contribution in [3.63, 3.8) is 0 Å². The molecule has 8 heteroatoms. The minimum atomic E-state index is -0.00194. The number of quaternary nitrogens is 1. The first kappa shape index (κ1) is 14.4. The van der Waals surface area contributed by atoms with Crippen molar-refractivity contribution >= 4 is 0 Å². The van der Waals surface area contributed by atoms with Gasteiger partial charge in [-0.2, -0.15) is 0 Å². The fourth-order valence-corrected chi connectivity index (χ4v) is 0.666. The van der Waals surface area contributed by atoms with Gasteiger partial charge in [-0.25, -0.2) is 0 Å². The number of hydrogen-bond acceptors (Lipinski definition) is 4. The van der Waals surface area contributed by atoms with E-state index in [0.717, 1.165) is 0 Å². The maximum Gasteiger partial charge on any atom is 1.00 e. The van der Waals surface area contributed by atoms with Gasteiger partial charge in [0.05, 0.1) is 13.1 Å². The molecule has 0 radical (unpaired) electrons. The van der Waals surface area contributed by atoms with Crippen LogP contribution >= 0.6 is 0 Å². The van der Waals surface area contributed by atoms with E-state index < -0.39 is 0 Å². The summed E-state index contributed by atoms with van der Waals surface area (Å²) in [6.07, 6.45) is 0. The summed E-state index contributed by atoms with van der Waals surface area (Å²) < 4.78 is 0. The minimum absolute atomic E-state index is 0. The minimum Gasteiger partial charge on any atom is -0.737 e. The van der Waals surface area contributed by atoms with Gasteiger partial charge in [0.2, 0.25) is 0 Å². The fourth-order valence-electron chi connectivity index (χ4n) is 0.666. The van der Waals surface area contributed by atoms with Gasteiger partial charge < -0.3 is 21.9 Å². The zero-order valence-electron chi connectivity index (χ0n) is 7.27. The Balaban J connectivity index is 0. The van der Waals surface area contributed by atoms with Gasteiger partial charge in [-0.15, -0.1) is 5.01 Å². The van der Waals surface area contributed by atoms with Crippen LogP contribution in [0, 0.1) is 10.4 Å².